The van der Waals surface area contributed by atoms with Gasteiger partial charge in [0.15, 0.2) is 7.14 Å². The summed E-state index contributed by atoms with van der Waals surface area (Å²) in [4.78, 5) is 3.52. The first-order chi connectivity index (χ1) is 13.3. The molecule has 0 spiro atoms. The van der Waals surface area contributed by atoms with Gasteiger partial charge in [-0.3, -0.25) is 0 Å². The highest BCUT2D eigenvalue weighted by atomic mass is 31.2. The molecule has 0 saturated heterocycles. The molecule has 0 amide bonds. The summed E-state index contributed by atoms with van der Waals surface area (Å²) in [5, 5.41) is 5.48. The molecule has 3 aromatic carbocycles. The monoisotopic (exact) mass is 367 g/mol. The molecule has 0 fully saturated rings. The van der Waals surface area contributed by atoms with E-state index in [2.05, 4.69) is 65.7 Å². The van der Waals surface area contributed by atoms with E-state index >= 15 is 0 Å². The van der Waals surface area contributed by atoms with Gasteiger partial charge in [-0.05, 0) is 47.5 Å². The van der Waals surface area contributed by atoms with Gasteiger partial charge in [0.05, 0.1) is 0 Å². The standard InChI is InChI=1S/C24H18NOP/c26-27(16-8-2-1-3-9-16)23-13-7-5-11-18(23)20-14-19-17-10-4-6-12-21(17)25-22(19)15-24(20)27/h1-2,4-8,10-15,25H,3,9H2. The van der Waals surface area contributed by atoms with Crippen LogP contribution in [0.4, 0.5) is 0 Å². The van der Waals surface area contributed by atoms with Crippen LogP contribution in [0.3, 0.4) is 0 Å². The number of fused-ring (bicyclic) bond motifs is 6. The van der Waals surface area contributed by atoms with Crippen LogP contribution in [0.15, 0.2) is 84.2 Å². The first kappa shape index (κ1) is 15.2. The van der Waals surface area contributed by atoms with Crippen molar-refractivity contribution in [1.82, 2.24) is 4.98 Å². The maximum Gasteiger partial charge on any atom is 0.168 e. The van der Waals surface area contributed by atoms with Gasteiger partial charge in [0.25, 0.3) is 0 Å². The zero-order valence-electron chi connectivity index (χ0n) is 14.8. The number of allylic oxidation sites excluding steroid dienone is 4. The molecule has 1 aliphatic carbocycles. The van der Waals surface area contributed by atoms with Gasteiger partial charge in [-0.25, -0.2) is 0 Å². The zero-order valence-corrected chi connectivity index (χ0v) is 15.7. The first-order valence-electron chi connectivity index (χ1n) is 9.38. The Kier molecular flexibility index (Phi) is 3.02. The van der Waals surface area contributed by atoms with Crippen molar-refractivity contribution in [2.45, 2.75) is 12.8 Å². The first-order valence-corrected chi connectivity index (χ1v) is 11.1. The Bertz CT molecular complexity index is 1360. The second-order valence-electron chi connectivity index (χ2n) is 7.34. The van der Waals surface area contributed by atoms with Crippen LogP contribution in [0.5, 0.6) is 0 Å². The summed E-state index contributed by atoms with van der Waals surface area (Å²) < 4.78 is 14.6. The molecule has 2 aliphatic rings. The molecule has 3 heteroatoms. The Morgan fingerprint density at radius 1 is 0.815 bits per heavy atom. The molecule has 4 aromatic rings. The summed E-state index contributed by atoms with van der Waals surface area (Å²) in [6, 6.07) is 21.0. The minimum absolute atomic E-state index is 0.867. The molecule has 1 unspecified atom stereocenters. The van der Waals surface area contributed by atoms with Crippen molar-refractivity contribution in [3.8, 4) is 11.1 Å². The number of para-hydroxylation sites is 1. The number of aromatic nitrogens is 1. The van der Waals surface area contributed by atoms with Crippen LogP contribution in [0.25, 0.3) is 32.9 Å². The van der Waals surface area contributed by atoms with Crippen LogP contribution >= 0.6 is 7.14 Å². The molecule has 6 rings (SSSR count). The predicted octanol–water partition coefficient (Wildman–Crippen LogP) is 5.85. The van der Waals surface area contributed by atoms with Crippen LogP contribution < -0.4 is 10.6 Å². The minimum atomic E-state index is -2.78. The SMILES string of the molecule is O=P1(C2=CC=CCC2)c2ccccc2-c2cc3c(cc21)[nH]c1ccccc13. The van der Waals surface area contributed by atoms with Gasteiger partial charge in [-0.15, -0.1) is 0 Å². The fourth-order valence-corrected chi connectivity index (χ4v) is 7.91. The van der Waals surface area contributed by atoms with Gasteiger partial charge in [0.1, 0.15) is 0 Å². The van der Waals surface area contributed by atoms with Crippen LogP contribution in [0.2, 0.25) is 0 Å². The number of H-pyrrole nitrogens is 1. The largest absolute Gasteiger partial charge is 0.354 e. The molecule has 1 N–H and O–H groups in total. The van der Waals surface area contributed by atoms with Crippen LogP contribution in [-0.4, -0.2) is 4.98 Å². The summed E-state index contributed by atoms with van der Waals surface area (Å²) >= 11 is 0. The summed E-state index contributed by atoms with van der Waals surface area (Å²) in [5.74, 6) is 0. The van der Waals surface area contributed by atoms with Gasteiger partial charge in [0.2, 0.25) is 0 Å². The number of hydrogen-bond donors (Lipinski definition) is 1. The van der Waals surface area contributed by atoms with Gasteiger partial charge in [0, 0.05) is 32.4 Å². The van der Waals surface area contributed by atoms with E-state index in [1.807, 2.05) is 18.2 Å². The summed E-state index contributed by atoms with van der Waals surface area (Å²) in [7, 11) is -2.78. The molecule has 27 heavy (non-hydrogen) atoms. The van der Waals surface area contributed by atoms with E-state index in [9.17, 15) is 4.57 Å². The van der Waals surface area contributed by atoms with Gasteiger partial charge in [-0.2, -0.15) is 0 Å². The normalized spacial score (nSPS) is 20.7. The van der Waals surface area contributed by atoms with Crippen molar-refractivity contribution in [3.05, 3.63) is 84.2 Å². The highest BCUT2D eigenvalue weighted by molar-refractivity contribution is 7.83. The molecule has 2 nitrogen and oxygen atoms in total. The van der Waals surface area contributed by atoms with Crippen molar-refractivity contribution in [3.63, 3.8) is 0 Å². The number of aromatic amines is 1. The molecule has 1 aliphatic heterocycles. The van der Waals surface area contributed by atoms with E-state index in [0.717, 1.165) is 50.9 Å². The lowest BCUT2D eigenvalue weighted by Crippen LogP contribution is -2.12. The fourth-order valence-electron chi connectivity index (χ4n) is 4.63. The Morgan fingerprint density at radius 2 is 1.67 bits per heavy atom. The maximum atomic E-state index is 14.6. The second-order valence-corrected chi connectivity index (χ2v) is 10.1. The van der Waals surface area contributed by atoms with E-state index in [-0.39, 0.29) is 0 Å². The smallest absolute Gasteiger partial charge is 0.168 e. The highest BCUT2D eigenvalue weighted by Gasteiger charge is 2.41. The van der Waals surface area contributed by atoms with E-state index in [1.165, 1.54) is 10.8 Å². The Balaban J connectivity index is 1.75. The molecule has 1 aromatic heterocycles. The fraction of sp³-hybridized carbons (Fsp3) is 0.0833. The van der Waals surface area contributed by atoms with Crippen molar-refractivity contribution in [2.75, 3.05) is 0 Å². The van der Waals surface area contributed by atoms with E-state index in [4.69, 9.17) is 0 Å². The molecule has 130 valence electrons. The summed E-state index contributed by atoms with van der Waals surface area (Å²) in [5.41, 5.74) is 4.44. The number of nitrogens with one attached hydrogen (secondary N) is 1. The third-order valence-electron chi connectivity index (χ3n) is 5.89. The summed E-state index contributed by atoms with van der Waals surface area (Å²) in [6.07, 6.45) is 8.11. The number of rotatable bonds is 1. The topological polar surface area (TPSA) is 32.9 Å². The van der Waals surface area contributed by atoms with Gasteiger partial charge in [-0.1, -0.05) is 60.7 Å². The minimum Gasteiger partial charge on any atom is -0.354 e. The lowest BCUT2D eigenvalue weighted by molar-refractivity contribution is 0.590. The summed E-state index contributed by atoms with van der Waals surface area (Å²) in [6.45, 7) is 0. The predicted molar refractivity (Wildman–Crippen MR) is 115 cm³/mol. The Hall–Kier alpha value is -2.83. The molecule has 0 saturated carbocycles. The van der Waals surface area contributed by atoms with Crippen molar-refractivity contribution >= 4 is 39.6 Å². The van der Waals surface area contributed by atoms with Gasteiger partial charge >= 0.3 is 0 Å². The lowest BCUT2D eigenvalue weighted by Gasteiger charge is -2.20. The zero-order chi connectivity index (χ0) is 18.0. The number of hydrogen-bond acceptors (Lipinski definition) is 1. The van der Waals surface area contributed by atoms with E-state index < -0.39 is 7.14 Å². The highest BCUT2D eigenvalue weighted by Crippen LogP contribution is 2.61. The van der Waals surface area contributed by atoms with Crippen molar-refractivity contribution < 1.29 is 4.57 Å². The quantitative estimate of drug-likeness (QED) is 0.421. The molecular weight excluding hydrogens is 349 g/mol. The van der Waals surface area contributed by atoms with Crippen LogP contribution in [0.1, 0.15) is 12.8 Å². The van der Waals surface area contributed by atoms with Crippen molar-refractivity contribution in [2.24, 2.45) is 0 Å². The van der Waals surface area contributed by atoms with E-state index in [1.54, 1.807) is 0 Å². The molecule has 0 radical (unpaired) electrons. The molecule has 2 heterocycles. The Morgan fingerprint density at radius 3 is 2.56 bits per heavy atom. The average Bonchev–Trinajstić information content (AvgIpc) is 3.22. The third kappa shape index (κ3) is 1.94. The van der Waals surface area contributed by atoms with Crippen LogP contribution in [-0.2, 0) is 4.57 Å². The average molecular weight is 367 g/mol. The second kappa shape index (κ2) is 5.34. The van der Waals surface area contributed by atoms with Crippen LogP contribution in [0, 0.1) is 0 Å². The lowest BCUT2D eigenvalue weighted by atomic mass is 10.0. The molecular formula is C24H18NOP. The third-order valence-corrected chi connectivity index (χ3v) is 9.19. The molecule has 1 atom stereocenters. The molecule has 0 bridgehead atoms. The van der Waals surface area contributed by atoms with Crippen molar-refractivity contribution in [1.29, 1.82) is 0 Å². The maximum absolute atomic E-state index is 14.6. The number of benzene rings is 3. The Labute approximate surface area is 157 Å². The van der Waals surface area contributed by atoms with E-state index in [0.29, 0.717) is 0 Å². The van der Waals surface area contributed by atoms with Gasteiger partial charge < -0.3 is 9.55 Å².